The summed E-state index contributed by atoms with van der Waals surface area (Å²) < 4.78 is 38.1. The van der Waals surface area contributed by atoms with Crippen molar-refractivity contribution < 1.29 is 27.5 Å². The molecule has 0 bridgehead atoms. The molecule has 0 aromatic heterocycles. The Morgan fingerprint density at radius 2 is 1.76 bits per heavy atom. The number of benzene rings is 2. The summed E-state index contributed by atoms with van der Waals surface area (Å²) in [6, 6.07) is 11.1. The van der Waals surface area contributed by atoms with E-state index in [0.29, 0.717) is 24.6 Å². The average molecular weight is 474 g/mol. The van der Waals surface area contributed by atoms with Crippen molar-refractivity contribution in [3.63, 3.8) is 0 Å². The third kappa shape index (κ3) is 5.12. The van der Waals surface area contributed by atoms with Gasteiger partial charge in [0.2, 0.25) is 10.0 Å². The molecular formula is C23H27N3O6S. The minimum atomic E-state index is -3.55. The normalized spacial score (nSPS) is 17.2. The first kappa shape index (κ1) is 23.1. The Labute approximate surface area is 193 Å². The molecule has 4 rings (SSSR count). The number of hydrogen-bond donors (Lipinski definition) is 2. The Morgan fingerprint density at radius 1 is 1.06 bits per heavy atom. The zero-order valence-electron chi connectivity index (χ0n) is 18.6. The number of ether oxygens (including phenoxy) is 2. The number of hydrogen-bond acceptors (Lipinski definition) is 6. The number of fused-ring (bicyclic) bond motifs is 1. The smallest absolute Gasteiger partial charge is 0.276 e. The van der Waals surface area contributed by atoms with Crippen molar-refractivity contribution in [2.24, 2.45) is 0 Å². The van der Waals surface area contributed by atoms with Crippen LogP contribution in [0.2, 0.25) is 0 Å². The molecule has 2 heterocycles. The van der Waals surface area contributed by atoms with Gasteiger partial charge >= 0.3 is 0 Å². The van der Waals surface area contributed by atoms with E-state index >= 15 is 0 Å². The number of rotatable bonds is 6. The van der Waals surface area contributed by atoms with E-state index < -0.39 is 21.8 Å². The number of hydrazine groups is 1. The van der Waals surface area contributed by atoms with Crippen LogP contribution < -0.4 is 20.3 Å². The molecular weight excluding hydrogens is 446 g/mol. The van der Waals surface area contributed by atoms with Crippen LogP contribution in [0.1, 0.15) is 42.6 Å². The molecule has 33 heavy (non-hydrogen) atoms. The fourth-order valence-electron chi connectivity index (χ4n) is 3.93. The number of para-hydroxylation sites is 1. The highest BCUT2D eigenvalue weighted by atomic mass is 32.2. The Morgan fingerprint density at radius 3 is 2.45 bits per heavy atom. The van der Waals surface area contributed by atoms with Crippen molar-refractivity contribution in [3.05, 3.63) is 53.6 Å². The van der Waals surface area contributed by atoms with Gasteiger partial charge in [0, 0.05) is 30.6 Å². The molecule has 1 fully saturated rings. The Hall–Kier alpha value is -3.11. The van der Waals surface area contributed by atoms with Crippen molar-refractivity contribution in [2.45, 2.75) is 43.6 Å². The highest BCUT2D eigenvalue weighted by molar-refractivity contribution is 7.89. The van der Waals surface area contributed by atoms with Gasteiger partial charge < -0.3 is 9.47 Å². The van der Waals surface area contributed by atoms with Gasteiger partial charge in [-0.1, -0.05) is 12.1 Å². The maximum Gasteiger partial charge on any atom is 0.276 e. The van der Waals surface area contributed by atoms with E-state index in [4.69, 9.17) is 9.47 Å². The first-order valence-electron chi connectivity index (χ1n) is 10.8. The highest BCUT2D eigenvalue weighted by Crippen LogP contribution is 2.41. The van der Waals surface area contributed by atoms with Crippen molar-refractivity contribution in [1.29, 1.82) is 0 Å². The molecule has 2 N–H and O–H groups in total. The predicted octanol–water partition coefficient (Wildman–Crippen LogP) is 2.02. The SMILES string of the molecule is CC1(C)Cc2cccc(OCC(=O)NNC(=O)c3ccc(S(=O)(=O)N4CCCC4)cc3)c2O1. The van der Waals surface area contributed by atoms with Gasteiger partial charge in [0.15, 0.2) is 18.1 Å². The molecule has 10 heteroatoms. The Kier molecular flexibility index (Phi) is 6.31. The summed E-state index contributed by atoms with van der Waals surface area (Å²) in [6.07, 6.45) is 2.45. The van der Waals surface area contributed by atoms with Crippen molar-refractivity contribution >= 4 is 21.8 Å². The summed E-state index contributed by atoms with van der Waals surface area (Å²) in [5.41, 5.74) is 5.50. The van der Waals surface area contributed by atoms with Gasteiger partial charge in [-0.25, -0.2) is 8.42 Å². The van der Waals surface area contributed by atoms with Crippen LogP contribution in [0.3, 0.4) is 0 Å². The summed E-state index contributed by atoms with van der Waals surface area (Å²) in [4.78, 5) is 24.6. The van der Waals surface area contributed by atoms with E-state index in [9.17, 15) is 18.0 Å². The van der Waals surface area contributed by atoms with E-state index in [1.54, 1.807) is 6.07 Å². The lowest BCUT2D eigenvalue weighted by Crippen LogP contribution is -2.43. The quantitative estimate of drug-likeness (QED) is 0.621. The zero-order chi connectivity index (χ0) is 23.6. The second kappa shape index (κ2) is 9.03. The van der Waals surface area contributed by atoms with Crippen LogP contribution in [0.25, 0.3) is 0 Å². The minimum absolute atomic E-state index is 0.138. The first-order valence-corrected chi connectivity index (χ1v) is 12.2. The fourth-order valence-corrected chi connectivity index (χ4v) is 5.45. The molecule has 0 unspecified atom stereocenters. The second-order valence-corrected chi connectivity index (χ2v) is 10.6. The molecule has 2 aliphatic heterocycles. The van der Waals surface area contributed by atoms with Crippen LogP contribution in [0.5, 0.6) is 11.5 Å². The summed E-state index contributed by atoms with van der Waals surface area (Å²) >= 11 is 0. The number of nitrogens with zero attached hydrogens (tertiary/aromatic N) is 1. The largest absolute Gasteiger partial charge is 0.483 e. The lowest BCUT2D eigenvalue weighted by molar-refractivity contribution is -0.123. The van der Waals surface area contributed by atoms with E-state index in [2.05, 4.69) is 10.9 Å². The summed E-state index contributed by atoms with van der Waals surface area (Å²) in [5.74, 6) is -0.0248. The number of carbonyl (C=O) groups excluding carboxylic acids is 2. The molecule has 0 spiro atoms. The van der Waals surface area contributed by atoms with Gasteiger partial charge in [-0.3, -0.25) is 20.4 Å². The van der Waals surface area contributed by atoms with E-state index in [0.717, 1.165) is 24.8 Å². The van der Waals surface area contributed by atoms with Gasteiger partial charge in [0.05, 0.1) is 4.90 Å². The van der Waals surface area contributed by atoms with Crippen LogP contribution in [0.4, 0.5) is 0 Å². The van der Waals surface area contributed by atoms with E-state index in [1.165, 1.54) is 28.6 Å². The molecule has 176 valence electrons. The minimum Gasteiger partial charge on any atom is -0.483 e. The number of sulfonamides is 1. The number of amides is 2. The monoisotopic (exact) mass is 473 g/mol. The molecule has 0 atom stereocenters. The molecule has 9 nitrogen and oxygen atoms in total. The lowest BCUT2D eigenvalue weighted by Gasteiger charge is -2.18. The topological polar surface area (TPSA) is 114 Å². The van der Waals surface area contributed by atoms with Crippen molar-refractivity contribution in [2.75, 3.05) is 19.7 Å². The molecule has 2 aromatic rings. The molecule has 0 radical (unpaired) electrons. The standard InChI is InChI=1S/C23H27N3O6S/c1-23(2)14-17-6-5-7-19(21(17)32-23)31-15-20(27)24-25-22(28)16-8-10-18(11-9-16)33(29,30)26-12-3-4-13-26/h5-11H,3-4,12-15H2,1-2H3,(H,24,27)(H,25,28). The van der Waals surface area contributed by atoms with Gasteiger partial charge in [-0.15, -0.1) is 0 Å². The number of nitrogens with one attached hydrogen (secondary N) is 2. The van der Waals surface area contributed by atoms with Gasteiger partial charge in [-0.05, 0) is 57.0 Å². The molecule has 2 aliphatic rings. The highest BCUT2D eigenvalue weighted by Gasteiger charge is 2.32. The average Bonchev–Trinajstić information content (AvgIpc) is 3.43. The summed E-state index contributed by atoms with van der Waals surface area (Å²) in [6.45, 7) is 4.66. The van der Waals surface area contributed by atoms with Crippen molar-refractivity contribution in [1.82, 2.24) is 15.2 Å². The van der Waals surface area contributed by atoms with Gasteiger partial charge in [0.25, 0.3) is 11.8 Å². The van der Waals surface area contributed by atoms with Gasteiger partial charge in [-0.2, -0.15) is 4.31 Å². The maximum absolute atomic E-state index is 12.6. The number of carbonyl (C=O) groups is 2. The molecule has 0 saturated carbocycles. The maximum atomic E-state index is 12.6. The zero-order valence-corrected chi connectivity index (χ0v) is 19.4. The molecule has 0 aliphatic carbocycles. The summed E-state index contributed by atoms with van der Waals surface area (Å²) in [7, 11) is -3.55. The third-order valence-electron chi connectivity index (χ3n) is 5.55. The van der Waals surface area contributed by atoms with Crippen LogP contribution >= 0.6 is 0 Å². The van der Waals surface area contributed by atoms with Crippen LogP contribution in [0.15, 0.2) is 47.4 Å². The van der Waals surface area contributed by atoms with Crippen LogP contribution in [-0.2, 0) is 21.2 Å². The first-order chi connectivity index (χ1) is 15.7. The fraction of sp³-hybridized carbons (Fsp3) is 0.391. The van der Waals surface area contributed by atoms with E-state index in [1.807, 2.05) is 26.0 Å². The van der Waals surface area contributed by atoms with E-state index in [-0.39, 0.29) is 22.7 Å². The molecule has 1 saturated heterocycles. The summed E-state index contributed by atoms with van der Waals surface area (Å²) in [5, 5.41) is 0. The Balaban J connectivity index is 1.29. The van der Waals surface area contributed by atoms with Crippen LogP contribution in [0, 0.1) is 0 Å². The third-order valence-corrected chi connectivity index (χ3v) is 7.46. The van der Waals surface area contributed by atoms with Crippen LogP contribution in [-0.4, -0.2) is 49.8 Å². The predicted molar refractivity (Wildman–Crippen MR) is 120 cm³/mol. The lowest BCUT2D eigenvalue weighted by atomic mass is 10.0. The Bertz CT molecular complexity index is 1160. The van der Waals surface area contributed by atoms with Gasteiger partial charge in [0.1, 0.15) is 5.60 Å². The molecule has 2 amide bonds. The van der Waals surface area contributed by atoms with Crippen molar-refractivity contribution in [3.8, 4) is 11.5 Å². The molecule has 2 aromatic carbocycles. The second-order valence-electron chi connectivity index (χ2n) is 8.71.